The highest BCUT2D eigenvalue weighted by Crippen LogP contribution is 2.35. The van der Waals surface area contributed by atoms with Crippen LogP contribution in [-0.4, -0.2) is 40.9 Å². The van der Waals surface area contributed by atoms with Crippen molar-refractivity contribution in [2.75, 3.05) is 24.6 Å². The molecule has 0 saturated heterocycles. The summed E-state index contributed by atoms with van der Waals surface area (Å²) in [5.74, 6) is 1.29. The second-order valence-corrected chi connectivity index (χ2v) is 7.59. The van der Waals surface area contributed by atoms with E-state index >= 15 is 0 Å². The normalized spacial score (nSPS) is 12.1. The van der Waals surface area contributed by atoms with E-state index in [0.717, 1.165) is 55.7 Å². The average molecular weight is 400 g/mol. The molecule has 29 heavy (non-hydrogen) atoms. The van der Waals surface area contributed by atoms with Gasteiger partial charge in [-0.05, 0) is 50.7 Å². The van der Waals surface area contributed by atoms with Crippen molar-refractivity contribution in [2.45, 2.75) is 73.3 Å². The smallest absolute Gasteiger partial charge is 0.241 e. The molecular formula is C24H37N3O2. The van der Waals surface area contributed by atoms with Crippen LogP contribution in [0.4, 0.5) is 5.69 Å². The van der Waals surface area contributed by atoms with Gasteiger partial charge in [0, 0.05) is 18.7 Å². The van der Waals surface area contributed by atoms with Crippen molar-refractivity contribution in [3.8, 4) is 17.3 Å². The van der Waals surface area contributed by atoms with E-state index in [4.69, 9.17) is 14.7 Å². The van der Waals surface area contributed by atoms with Crippen LogP contribution in [0.3, 0.4) is 0 Å². The van der Waals surface area contributed by atoms with Crippen molar-refractivity contribution in [3.63, 3.8) is 0 Å². The van der Waals surface area contributed by atoms with E-state index in [9.17, 15) is 5.11 Å². The predicted octanol–water partition coefficient (Wildman–Crippen LogP) is 4.96. The van der Waals surface area contributed by atoms with Crippen LogP contribution < -0.4 is 9.64 Å². The molecule has 0 aliphatic rings. The molecule has 1 atom stereocenters. The van der Waals surface area contributed by atoms with Crippen molar-refractivity contribution in [3.05, 3.63) is 35.0 Å². The highest BCUT2D eigenvalue weighted by molar-refractivity contribution is 5.69. The fourth-order valence-corrected chi connectivity index (χ4v) is 3.72. The summed E-state index contributed by atoms with van der Waals surface area (Å²) in [6.45, 7) is 14.5. The fourth-order valence-electron chi connectivity index (χ4n) is 3.72. The summed E-state index contributed by atoms with van der Waals surface area (Å²) in [4.78, 5) is 12.1. The molecule has 1 heterocycles. The van der Waals surface area contributed by atoms with Gasteiger partial charge in [-0.25, -0.2) is 4.98 Å². The summed E-state index contributed by atoms with van der Waals surface area (Å²) in [5, 5.41) is 9.79. The lowest BCUT2D eigenvalue weighted by molar-refractivity contribution is 0.120. The molecule has 5 heteroatoms. The molecule has 1 N–H and O–H groups in total. The van der Waals surface area contributed by atoms with E-state index in [1.807, 2.05) is 6.92 Å². The number of aromatic nitrogens is 2. The predicted molar refractivity (Wildman–Crippen MR) is 121 cm³/mol. The zero-order valence-electron chi connectivity index (χ0n) is 19.0. The van der Waals surface area contributed by atoms with Gasteiger partial charge in [-0.1, -0.05) is 45.9 Å². The molecule has 0 aliphatic heterocycles. The minimum absolute atomic E-state index is 0.213. The number of nitrogens with zero attached hydrogens (tertiary/aromatic N) is 3. The van der Waals surface area contributed by atoms with Crippen molar-refractivity contribution in [2.24, 2.45) is 0 Å². The number of ether oxygens (including phenoxy) is 1. The average Bonchev–Trinajstić information content (AvgIpc) is 2.71. The topological polar surface area (TPSA) is 58.5 Å². The molecule has 0 saturated carbocycles. The Kier molecular flexibility index (Phi) is 8.90. The molecule has 2 aromatic rings. The third-order valence-electron chi connectivity index (χ3n) is 5.01. The SMILES string of the molecule is CCCN(CCC)c1c(C)nc(-c2c(CC)cccc2CC)nc1OCC(C)O. The first-order valence-electron chi connectivity index (χ1n) is 11.0. The van der Waals surface area contributed by atoms with Crippen LogP contribution in [0.1, 0.15) is 64.3 Å². The van der Waals surface area contributed by atoms with Crippen LogP contribution in [0.2, 0.25) is 0 Å². The Hall–Kier alpha value is -2.14. The number of aryl methyl sites for hydroxylation is 3. The Bertz CT molecular complexity index is 762. The Morgan fingerprint density at radius 1 is 1.00 bits per heavy atom. The van der Waals surface area contributed by atoms with Gasteiger partial charge in [-0.2, -0.15) is 4.98 Å². The molecule has 2 rings (SSSR count). The minimum Gasteiger partial charge on any atom is -0.473 e. The van der Waals surface area contributed by atoms with E-state index < -0.39 is 6.10 Å². The molecular weight excluding hydrogens is 362 g/mol. The Labute approximate surface area is 176 Å². The molecule has 0 radical (unpaired) electrons. The largest absolute Gasteiger partial charge is 0.473 e. The van der Waals surface area contributed by atoms with Crippen molar-refractivity contribution >= 4 is 5.69 Å². The minimum atomic E-state index is -0.554. The molecule has 0 bridgehead atoms. The molecule has 0 spiro atoms. The molecule has 0 aliphatic carbocycles. The van der Waals surface area contributed by atoms with Crippen molar-refractivity contribution in [1.29, 1.82) is 0 Å². The molecule has 5 nitrogen and oxygen atoms in total. The Morgan fingerprint density at radius 3 is 2.07 bits per heavy atom. The molecule has 1 unspecified atom stereocenters. The standard InChI is InChI=1S/C24H37N3O2/c1-7-14-27(15-8-2)22-18(6)25-23(26-24(22)29-16-17(5)28)21-19(9-3)12-11-13-20(21)10-4/h11-13,17,28H,7-10,14-16H2,1-6H3. The first-order valence-corrected chi connectivity index (χ1v) is 11.0. The monoisotopic (exact) mass is 399 g/mol. The van der Waals surface area contributed by atoms with E-state index in [0.29, 0.717) is 11.7 Å². The van der Waals surface area contributed by atoms with Crippen LogP contribution in [0, 0.1) is 6.92 Å². The quantitative estimate of drug-likeness (QED) is 0.578. The van der Waals surface area contributed by atoms with Crippen LogP contribution in [-0.2, 0) is 12.8 Å². The van der Waals surface area contributed by atoms with Gasteiger partial charge in [-0.15, -0.1) is 0 Å². The van der Waals surface area contributed by atoms with E-state index in [1.54, 1.807) is 6.92 Å². The summed E-state index contributed by atoms with van der Waals surface area (Å²) in [5.41, 5.74) is 5.48. The van der Waals surface area contributed by atoms with Crippen molar-refractivity contribution < 1.29 is 9.84 Å². The molecule has 1 aromatic carbocycles. The maximum absolute atomic E-state index is 9.79. The van der Waals surface area contributed by atoms with Crippen LogP contribution in [0.5, 0.6) is 5.88 Å². The lowest BCUT2D eigenvalue weighted by Gasteiger charge is -2.27. The summed E-state index contributed by atoms with van der Waals surface area (Å²) in [6.07, 6.45) is 3.37. The molecule has 0 fully saturated rings. The maximum Gasteiger partial charge on any atom is 0.241 e. The highest BCUT2D eigenvalue weighted by atomic mass is 16.5. The molecule has 160 valence electrons. The van der Waals surface area contributed by atoms with Gasteiger partial charge in [0.15, 0.2) is 5.82 Å². The van der Waals surface area contributed by atoms with Gasteiger partial charge < -0.3 is 14.7 Å². The first kappa shape index (κ1) is 23.1. The first-order chi connectivity index (χ1) is 14.0. The highest BCUT2D eigenvalue weighted by Gasteiger charge is 2.22. The summed E-state index contributed by atoms with van der Waals surface area (Å²) in [7, 11) is 0. The third kappa shape index (κ3) is 5.69. The lowest BCUT2D eigenvalue weighted by Crippen LogP contribution is -2.28. The number of hydrogen-bond acceptors (Lipinski definition) is 5. The van der Waals surface area contributed by atoms with E-state index in [-0.39, 0.29) is 6.61 Å². The van der Waals surface area contributed by atoms with Gasteiger partial charge in [0.25, 0.3) is 0 Å². The number of aliphatic hydroxyl groups excluding tert-OH is 1. The zero-order valence-corrected chi connectivity index (χ0v) is 19.0. The fraction of sp³-hybridized carbons (Fsp3) is 0.583. The Balaban J connectivity index is 2.66. The van der Waals surface area contributed by atoms with Gasteiger partial charge >= 0.3 is 0 Å². The van der Waals surface area contributed by atoms with Crippen LogP contribution in [0.25, 0.3) is 11.4 Å². The summed E-state index contributed by atoms with van der Waals surface area (Å²) in [6, 6.07) is 6.41. The van der Waals surface area contributed by atoms with Gasteiger partial charge in [0.05, 0.1) is 11.8 Å². The molecule has 1 aromatic heterocycles. The summed E-state index contributed by atoms with van der Waals surface area (Å²) < 4.78 is 6.02. The van der Waals surface area contributed by atoms with Gasteiger partial charge in [0.1, 0.15) is 12.3 Å². The summed E-state index contributed by atoms with van der Waals surface area (Å²) >= 11 is 0. The zero-order chi connectivity index (χ0) is 21.4. The second kappa shape index (κ2) is 11.1. The van der Waals surface area contributed by atoms with Gasteiger partial charge in [0.2, 0.25) is 5.88 Å². The van der Waals surface area contributed by atoms with E-state index in [2.05, 4.69) is 50.8 Å². The third-order valence-corrected chi connectivity index (χ3v) is 5.01. The number of benzene rings is 1. The van der Waals surface area contributed by atoms with Gasteiger partial charge in [-0.3, -0.25) is 0 Å². The number of hydrogen-bond donors (Lipinski definition) is 1. The second-order valence-electron chi connectivity index (χ2n) is 7.59. The van der Waals surface area contributed by atoms with Crippen LogP contribution >= 0.6 is 0 Å². The molecule has 0 amide bonds. The van der Waals surface area contributed by atoms with Crippen molar-refractivity contribution in [1.82, 2.24) is 9.97 Å². The number of anilines is 1. The Morgan fingerprint density at radius 2 is 1.59 bits per heavy atom. The lowest BCUT2D eigenvalue weighted by atomic mass is 9.97. The van der Waals surface area contributed by atoms with Crippen LogP contribution in [0.15, 0.2) is 18.2 Å². The van der Waals surface area contributed by atoms with E-state index in [1.165, 1.54) is 11.1 Å². The maximum atomic E-state index is 9.79. The number of aliphatic hydroxyl groups is 1. The number of rotatable bonds is 11.